The van der Waals surface area contributed by atoms with Gasteiger partial charge in [-0.25, -0.2) is 4.79 Å². The summed E-state index contributed by atoms with van der Waals surface area (Å²) in [5, 5.41) is 9.21. The van der Waals surface area contributed by atoms with E-state index >= 15 is 0 Å². The molecule has 0 spiro atoms. The Labute approximate surface area is 135 Å². The van der Waals surface area contributed by atoms with E-state index in [9.17, 15) is 4.79 Å². The van der Waals surface area contributed by atoms with Gasteiger partial charge in [-0.2, -0.15) is 5.26 Å². The number of rotatable bonds is 4. The fraction of sp³-hybridized carbons (Fsp3) is 0.0667. The molecule has 0 heterocycles. The average molecular weight is 367 g/mol. The Morgan fingerprint density at radius 1 is 1.24 bits per heavy atom. The zero-order valence-electron chi connectivity index (χ0n) is 10.7. The number of carbonyl (C=O) groups excluding carboxylic acids is 1. The van der Waals surface area contributed by atoms with Gasteiger partial charge < -0.3 is 9.47 Å². The van der Waals surface area contributed by atoms with E-state index in [0.717, 1.165) is 0 Å². The molecular weight excluding hydrogens is 358 g/mol. The van der Waals surface area contributed by atoms with E-state index in [0.29, 0.717) is 26.6 Å². The van der Waals surface area contributed by atoms with E-state index in [1.807, 2.05) is 6.07 Å². The molecule has 0 aliphatic rings. The largest absolute Gasteiger partial charge is 0.482 e. The molecule has 0 fully saturated rings. The minimum absolute atomic E-state index is 0.235. The molecule has 21 heavy (non-hydrogen) atoms. The highest BCUT2D eigenvalue weighted by Crippen LogP contribution is 2.28. The molecule has 4 nitrogen and oxygen atoms in total. The SMILES string of the molecule is N#Cc1ccc(OCC(=O)Oc2ccc(Cl)cc2Br)cc1. The van der Waals surface area contributed by atoms with Gasteiger partial charge in [0.2, 0.25) is 0 Å². The standard InChI is InChI=1S/C15H9BrClNO3/c16-13-7-11(17)3-6-14(13)21-15(19)9-20-12-4-1-10(8-18)2-5-12/h1-7H,9H2. The maximum atomic E-state index is 11.7. The molecule has 2 aromatic carbocycles. The fourth-order valence-corrected chi connectivity index (χ4v) is 2.24. The fourth-order valence-electron chi connectivity index (χ4n) is 1.48. The monoisotopic (exact) mass is 365 g/mol. The highest BCUT2D eigenvalue weighted by atomic mass is 79.9. The van der Waals surface area contributed by atoms with E-state index in [1.165, 1.54) is 0 Å². The van der Waals surface area contributed by atoms with Crippen molar-refractivity contribution in [3.63, 3.8) is 0 Å². The third kappa shape index (κ3) is 4.48. The van der Waals surface area contributed by atoms with Crippen molar-refractivity contribution in [3.8, 4) is 17.6 Å². The molecular formula is C15H9BrClNO3. The Bertz CT molecular complexity index is 695. The van der Waals surface area contributed by atoms with Crippen LogP contribution in [0.15, 0.2) is 46.9 Å². The van der Waals surface area contributed by atoms with Gasteiger partial charge in [0.05, 0.1) is 16.1 Å². The molecule has 0 unspecified atom stereocenters. The summed E-state index contributed by atoms with van der Waals surface area (Å²) in [6, 6.07) is 13.3. The third-order valence-corrected chi connectivity index (χ3v) is 3.31. The number of nitriles is 1. The van der Waals surface area contributed by atoms with Crippen molar-refractivity contribution < 1.29 is 14.3 Å². The number of hydrogen-bond acceptors (Lipinski definition) is 4. The predicted octanol–water partition coefficient (Wildman–Crippen LogP) is 3.96. The molecule has 0 aliphatic heterocycles. The molecule has 0 aliphatic carbocycles. The lowest BCUT2D eigenvalue weighted by molar-refractivity contribution is -0.136. The number of carbonyl (C=O) groups is 1. The predicted molar refractivity (Wildman–Crippen MR) is 81.4 cm³/mol. The Morgan fingerprint density at radius 3 is 2.57 bits per heavy atom. The van der Waals surface area contributed by atoms with Gasteiger partial charge >= 0.3 is 5.97 Å². The first-order valence-corrected chi connectivity index (χ1v) is 7.04. The van der Waals surface area contributed by atoms with E-state index in [-0.39, 0.29) is 6.61 Å². The Kier molecular flexibility index (Phi) is 5.20. The van der Waals surface area contributed by atoms with Gasteiger partial charge in [-0.3, -0.25) is 0 Å². The molecule has 0 amide bonds. The van der Waals surface area contributed by atoms with Gasteiger partial charge in [-0.15, -0.1) is 0 Å². The van der Waals surface area contributed by atoms with Crippen molar-refractivity contribution in [2.75, 3.05) is 6.61 Å². The van der Waals surface area contributed by atoms with E-state index in [2.05, 4.69) is 15.9 Å². The van der Waals surface area contributed by atoms with Crippen molar-refractivity contribution in [1.29, 1.82) is 5.26 Å². The number of benzene rings is 2. The maximum Gasteiger partial charge on any atom is 0.349 e. The molecule has 0 N–H and O–H groups in total. The van der Waals surface area contributed by atoms with Crippen LogP contribution < -0.4 is 9.47 Å². The second kappa shape index (κ2) is 7.11. The highest BCUT2D eigenvalue weighted by molar-refractivity contribution is 9.10. The minimum atomic E-state index is -0.539. The molecule has 106 valence electrons. The van der Waals surface area contributed by atoms with Crippen LogP contribution in [0, 0.1) is 11.3 Å². The number of esters is 1. The second-order valence-electron chi connectivity index (χ2n) is 3.97. The summed E-state index contributed by atoms with van der Waals surface area (Å²) in [6.45, 7) is -0.235. The topological polar surface area (TPSA) is 59.3 Å². The van der Waals surface area contributed by atoms with Crippen LogP contribution in [0.2, 0.25) is 5.02 Å². The zero-order valence-corrected chi connectivity index (χ0v) is 13.0. The van der Waals surface area contributed by atoms with Crippen molar-refractivity contribution in [2.45, 2.75) is 0 Å². The second-order valence-corrected chi connectivity index (χ2v) is 5.26. The third-order valence-electron chi connectivity index (χ3n) is 2.46. The summed E-state index contributed by atoms with van der Waals surface area (Å²) in [5.41, 5.74) is 0.523. The molecule has 0 bridgehead atoms. The van der Waals surface area contributed by atoms with Crippen LogP contribution in [0.5, 0.6) is 11.5 Å². The van der Waals surface area contributed by atoms with Crippen LogP contribution in [0.1, 0.15) is 5.56 Å². The summed E-state index contributed by atoms with van der Waals surface area (Å²) < 4.78 is 11.0. The lowest BCUT2D eigenvalue weighted by Gasteiger charge is -2.08. The van der Waals surface area contributed by atoms with E-state index in [1.54, 1.807) is 42.5 Å². The average Bonchev–Trinajstić information content (AvgIpc) is 2.48. The molecule has 2 aromatic rings. The number of ether oxygens (including phenoxy) is 2. The number of halogens is 2. The van der Waals surface area contributed by atoms with Crippen LogP contribution in [-0.2, 0) is 4.79 Å². The zero-order chi connectivity index (χ0) is 15.2. The van der Waals surface area contributed by atoms with Gasteiger partial charge in [0.1, 0.15) is 11.5 Å². The summed E-state index contributed by atoms with van der Waals surface area (Å²) in [5.74, 6) is 0.316. The smallest absolute Gasteiger partial charge is 0.349 e. The Morgan fingerprint density at radius 2 is 1.95 bits per heavy atom. The molecule has 6 heteroatoms. The van der Waals surface area contributed by atoms with Gasteiger partial charge in [0.15, 0.2) is 6.61 Å². The lowest BCUT2D eigenvalue weighted by atomic mass is 10.2. The maximum absolute atomic E-state index is 11.7. The summed E-state index contributed by atoms with van der Waals surface area (Å²) in [7, 11) is 0. The van der Waals surface area contributed by atoms with Gasteiger partial charge in [-0.1, -0.05) is 11.6 Å². The Balaban J connectivity index is 1.91. The molecule has 0 saturated carbocycles. The molecule has 2 rings (SSSR count). The summed E-state index contributed by atoms with van der Waals surface area (Å²) in [4.78, 5) is 11.7. The first-order chi connectivity index (χ1) is 10.1. The highest BCUT2D eigenvalue weighted by Gasteiger charge is 2.09. The van der Waals surface area contributed by atoms with E-state index < -0.39 is 5.97 Å². The van der Waals surface area contributed by atoms with Crippen molar-refractivity contribution in [1.82, 2.24) is 0 Å². The molecule has 0 radical (unpaired) electrons. The van der Waals surface area contributed by atoms with Crippen molar-refractivity contribution in [3.05, 3.63) is 57.5 Å². The first kappa shape index (κ1) is 15.4. The molecule has 0 atom stereocenters. The summed E-state index contributed by atoms with van der Waals surface area (Å²) in [6.07, 6.45) is 0. The van der Waals surface area contributed by atoms with Crippen molar-refractivity contribution >= 4 is 33.5 Å². The number of nitrogens with zero attached hydrogens (tertiary/aromatic N) is 1. The summed E-state index contributed by atoms with van der Waals surface area (Å²) >= 11 is 9.06. The quantitative estimate of drug-likeness (QED) is 0.607. The van der Waals surface area contributed by atoms with Crippen LogP contribution in [0.25, 0.3) is 0 Å². The van der Waals surface area contributed by atoms with Gasteiger partial charge in [0.25, 0.3) is 0 Å². The molecule has 0 saturated heterocycles. The minimum Gasteiger partial charge on any atom is -0.482 e. The Hall–Kier alpha value is -2.03. The number of hydrogen-bond donors (Lipinski definition) is 0. The molecule has 0 aromatic heterocycles. The van der Waals surface area contributed by atoms with Gasteiger partial charge in [0, 0.05) is 5.02 Å². The lowest BCUT2D eigenvalue weighted by Crippen LogP contribution is -2.17. The van der Waals surface area contributed by atoms with Crippen molar-refractivity contribution in [2.24, 2.45) is 0 Å². The van der Waals surface area contributed by atoms with Gasteiger partial charge in [-0.05, 0) is 58.4 Å². The van der Waals surface area contributed by atoms with Crippen LogP contribution in [-0.4, -0.2) is 12.6 Å². The van der Waals surface area contributed by atoms with E-state index in [4.69, 9.17) is 26.3 Å². The van der Waals surface area contributed by atoms with Crippen LogP contribution in [0.4, 0.5) is 0 Å². The van der Waals surface area contributed by atoms with Crippen LogP contribution >= 0.6 is 27.5 Å². The first-order valence-electron chi connectivity index (χ1n) is 5.87. The van der Waals surface area contributed by atoms with Crippen LogP contribution in [0.3, 0.4) is 0 Å². The normalized spacial score (nSPS) is 9.76.